The molecule has 4 heteroatoms. The van der Waals surface area contributed by atoms with Crippen LogP contribution < -0.4 is 5.46 Å². The van der Waals surface area contributed by atoms with Crippen LogP contribution in [0.25, 0.3) is 5.57 Å². The Kier molecular flexibility index (Phi) is 3.49. The Morgan fingerprint density at radius 1 is 1.19 bits per heavy atom. The molecule has 0 heterocycles. The molecule has 0 amide bonds. The molecule has 82 valence electrons. The number of rotatable bonds is 2. The monoisotopic (exact) mass is 234 g/mol. The molecule has 1 aliphatic rings. The van der Waals surface area contributed by atoms with E-state index in [1.54, 1.807) is 12.1 Å². The molecule has 0 saturated heterocycles. The maximum atomic E-state index is 9.31. The summed E-state index contributed by atoms with van der Waals surface area (Å²) in [4.78, 5) is 0. The van der Waals surface area contributed by atoms with Crippen LogP contribution in [0.5, 0.6) is 0 Å². The normalized spacial score (nSPS) is 14.8. The molecule has 2 rings (SSSR count). The smallest absolute Gasteiger partial charge is 0.423 e. The van der Waals surface area contributed by atoms with E-state index in [2.05, 4.69) is 12.2 Å². The fraction of sp³-hybridized carbons (Fsp3) is 0.167. The summed E-state index contributed by atoms with van der Waals surface area (Å²) in [5.41, 5.74) is 2.30. The van der Waals surface area contributed by atoms with Crippen molar-refractivity contribution in [3.05, 3.63) is 47.0 Å². The first-order valence-electron chi connectivity index (χ1n) is 5.21. The van der Waals surface area contributed by atoms with Gasteiger partial charge in [0.25, 0.3) is 0 Å². The second kappa shape index (κ2) is 4.87. The van der Waals surface area contributed by atoms with E-state index >= 15 is 0 Å². The largest absolute Gasteiger partial charge is 0.489 e. The molecule has 0 bridgehead atoms. The Balaban J connectivity index is 2.47. The van der Waals surface area contributed by atoms with Crippen molar-refractivity contribution in [1.82, 2.24) is 0 Å². The molecule has 1 aromatic carbocycles. The summed E-state index contributed by atoms with van der Waals surface area (Å²) >= 11 is 5.84. The molecule has 0 radical (unpaired) electrons. The molecule has 0 saturated carbocycles. The van der Waals surface area contributed by atoms with Gasteiger partial charge < -0.3 is 10.0 Å². The Morgan fingerprint density at radius 2 is 2.00 bits per heavy atom. The van der Waals surface area contributed by atoms with Gasteiger partial charge in [0.2, 0.25) is 0 Å². The van der Waals surface area contributed by atoms with Crippen LogP contribution in [0.15, 0.2) is 36.4 Å². The zero-order valence-electron chi connectivity index (χ0n) is 8.73. The van der Waals surface area contributed by atoms with Crippen LogP contribution in [-0.4, -0.2) is 17.2 Å². The Morgan fingerprint density at radius 3 is 2.62 bits per heavy atom. The highest BCUT2D eigenvalue weighted by Gasteiger charge is 2.18. The van der Waals surface area contributed by atoms with Gasteiger partial charge in [-0.25, -0.2) is 0 Å². The minimum absolute atomic E-state index is 0.449. The Labute approximate surface area is 100 Å². The predicted octanol–water partition coefficient (Wildman–Crippen LogP) is 1.75. The lowest BCUT2D eigenvalue weighted by molar-refractivity contribution is 0.425. The van der Waals surface area contributed by atoms with Gasteiger partial charge in [0.05, 0.1) is 0 Å². The second-order valence-electron chi connectivity index (χ2n) is 3.74. The third-order valence-electron chi connectivity index (χ3n) is 2.60. The molecule has 1 aliphatic carbocycles. The molecule has 0 atom stereocenters. The molecule has 2 nitrogen and oxygen atoms in total. The second-order valence-corrected chi connectivity index (χ2v) is 4.18. The number of halogens is 1. The minimum Gasteiger partial charge on any atom is -0.423 e. The number of allylic oxidation sites excluding steroid dienone is 4. The molecule has 0 aromatic heterocycles. The van der Waals surface area contributed by atoms with E-state index in [-0.39, 0.29) is 0 Å². The summed E-state index contributed by atoms with van der Waals surface area (Å²) in [6.45, 7) is 0. The summed E-state index contributed by atoms with van der Waals surface area (Å²) in [5, 5.41) is 19.1. The lowest BCUT2D eigenvalue weighted by Crippen LogP contribution is -2.32. The third kappa shape index (κ3) is 2.38. The molecule has 2 N–H and O–H groups in total. The van der Waals surface area contributed by atoms with E-state index < -0.39 is 7.12 Å². The standard InChI is InChI=1S/C12H12BClO2/c14-10-6-7-11(12(8-10)13(15)16)9-4-2-1-3-5-9/h2,4-8,15-16H,1,3H2. The lowest BCUT2D eigenvalue weighted by Gasteiger charge is -2.12. The zero-order chi connectivity index (χ0) is 11.5. The van der Waals surface area contributed by atoms with Gasteiger partial charge in [0.1, 0.15) is 0 Å². The van der Waals surface area contributed by atoms with Crippen LogP contribution >= 0.6 is 11.6 Å². The number of hydrogen-bond acceptors (Lipinski definition) is 2. The summed E-state index contributed by atoms with van der Waals surface area (Å²) < 4.78 is 0. The average molecular weight is 234 g/mol. The summed E-state index contributed by atoms with van der Waals surface area (Å²) in [7, 11) is -1.50. The minimum atomic E-state index is -1.50. The van der Waals surface area contributed by atoms with Crippen LogP contribution in [0.2, 0.25) is 5.02 Å². The van der Waals surface area contributed by atoms with Crippen molar-refractivity contribution in [2.24, 2.45) is 0 Å². The third-order valence-corrected chi connectivity index (χ3v) is 2.83. The highest BCUT2D eigenvalue weighted by molar-refractivity contribution is 6.60. The molecule has 0 fully saturated rings. The van der Waals surface area contributed by atoms with Crippen LogP contribution in [0, 0.1) is 0 Å². The van der Waals surface area contributed by atoms with Gasteiger partial charge in [-0.3, -0.25) is 0 Å². The average Bonchev–Trinajstić information content (AvgIpc) is 2.30. The number of benzene rings is 1. The van der Waals surface area contributed by atoms with Crippen molar-refractivity contribution in [2.75, 3.05) is 0 Å². The molecule has 16 heavy (non-hydrogen) atoms. The van der Waals surface area contributed by atoms with Crippen molar-refractivity contribution in [3.63, 3.8) is 0 Å². The quantitative estimate of drug-likeness (QED) is 0.766. The molecule has 1 aromatic rings. The molecule has 0 aliphatic heterocycles. The maximum absolute atomic E-state index is 9.31. The Bertz CT molecular complexity index is 452. The van der Waals surface area contributed by atoms with Gasteiger partial charge in [-0.15, -0.1) is 0 Å². The molecular formula is C12H12BClO2. The zero-order valence-corrected chi connectivity index (χ0v) is 9.48. The number of hydrogen-bond donors (Lipinski definition) is 2. The van der Waals surface area contributed by atoms with Crippen LogP contribution in [0.3, 0.4) is 0 Å². The summed E-state index contributed by atoms with van der Waals surface area (Å²) in [6, 6.07) is 5.16. The molecule has 0 spiro atoms. The van der Waals surface area contributed by atoms with Crippen LogP contribution in [0.4, 0.5) is 0 Å². The van der Waals surface area contributed by atoms with E-state index in [0.717, 1.165) is 24.0 Å². The highest BCUT2D eigenvalue weighted by Crippen LogP contribution is 2.21. The van der Waals surface area contributed by atoms with Crippen molar-refractivity contribution < 1.29 is 10.0 Å². The highest BCUT2D eigenvalue weighted by atomic mass is 35.5. The Hall–Kier alpha value is -1.03. The van der Waals surface area contributed by atoms with Crippen molar-refractivity contribution in [1.29, 1.82) is 0 Å². The first-order valence-corrected chi connectivity index (χ1v) is 5.59. The van der Waals surface area contributed by atoms with Gasteiger partial charge in [-0.05, 0) is 41.6 Å². The molecular weight excluding hydrogens is 222 g/mol. The van der Waals surface area contributed by atoms with Gasteiger partial charge in [0.15, 0.2) is 0 Å². The van der Waals surface area contributed by atoms with Gasteiger partial charge in [-0.1, -0.05) is 35.9 Å². The SMILES string of the molecule is OB(O)c1cc(Cl)ccc1C1=CCCC=C1. The van der Waals surface area contributed by atoms with Crippen LogP contribution in [0.1, 0.15) is 18.4 Å². The maximum Gasteiger partial charge on any atom is 0.489 e. The van der Waals surface area contributed by atoms with E-state index in [1.165, 1.54) is 0 Å². The van der Waals surface area contributed by atoms with Gasteiger partial charge in [-0.2, -0.15) is 0 Å². The van der Waals surface area contributed by atoms with Gasteiger partial charge in [0, 0.05) is 5.02 Å². The fourth-order valence-electron chi connectivity index (χ4n) is 1.82. The van der Waals surface area contributed by atoms with Crippen molar-refractivity contribution >= 4 is 29.8 Å². The predicted molar refractivity (Wildman–Crippen MR) is 67.6 cm³/mol. The van der Waals surface area contributed by atoms with E-state index in [4.69, 9.17) is 11.6 Å². The van der Waals surface area contributed by atoms with E-state index in [9.17, 15) is 10.0 Å². The van der Waals surface area contributed by atoms with Gasteiger partial charge >= 0.3 is 7.12 Å². The summed E-state index contributed by atoms with van der Waals surface area (Å²) in [6.07, 6.45) is 8.19. The first kappa shape index (κ1) is 11.5. The van der Waals surface area contributed by atoms with Crippen molar-refractivity contribution in [3.8, 4) is 0 Å². The summed E-state index contributed by atoms with van der Waals surface area (Å²) in [5.74, 6) is 0. The molecule has 0 unspecified atom stereocenters. The topological polar surface area (TPSA) is 40.5 Å². The van der Waals surface area contributed by atoms with Crippen molar-refractivity contribution in [2.45, 2.75) is 12.8 Å². The lowest BCUT2D eigenvalue weighted by atomic mass is 9.75. The van der Waals surface area contributed by atoms with E-state index in [0.29, 0.717) is 10.5 Å². The van der Waals surface area contributed by atoms with Crippen LogP contribution in [-0.2, 0) is 0 Å². The first-order chi connectivity index (χ1) is 7.68. The fourth-order valence-corrected chi connectivity index (χ4v) is 2.00. The van der Waals surface area contributed by atoms with E-state index in [1.807, 2.05) is 12.1 Å².